The first-order valence-electron chi connectivity index (χ1n) is 6.18. The van der Waals surface area contributed by atoms with Crippen LogP contribution in [-0.2, 0) is 6.42 Å². The van der Waals surface area contributed by atoms with Gasteiger partial charge in [0.15, 0.2) is 5.78 Å². The van der Waals surface area contributed by atoms with E-state index in [1.165, 1.54) is 0 Å². The lowest BCUT2D eigenvalue weighted by Gasteiger charge is -2.00. The third-order valence-electron chi connectivity index (χ3n) is 2.84. The second-order valence-electron chi connectivity index (χ2n) is 4.18. The molecule has 0 N–H and O–H groups in total. The van der Waals surface area contributed by atoms with Gasteiger partial charge < -0.3 is 4.74 Å². The van der Waals surface area contributed by atoms with Crippen LogP contribution in [0.25, 0.3) is 0 Å². The molecule has 0 aliphatic heterocycles. The number of ketones is 1. The third-order valence-corrected chi connectivity index (χ3v) is 2.84. The number of hydrogen-bond acceptors (Lipinski definition) is 2. The minimum atomic E-state index is 0.0362. The van der Waals surface area contributed by atoms with Crippen molar-refractivity contribution >= 4 is 5.78 Å². The Balaban J connectivity index is 1.94. The summed E-state index contributed by atoms with van der Waals surface area (Å²) < 4.78 is 5.10. The minimum absolute atomic E-state index is 0.0362. The van der Waals surface area contributed by atoms with Gasteiger partial charge in [0.2, 0.25) is 0 Å². The SMILES string of the molecule is COc1ccc(CC=CC(=O)c2ccccc2)cc1. The van der Waals surface area contributed by atoms with E-state index in [-0.39, 0.29) is 5.78 Å². The fraction of sp³-hybridized carbons (Fsp3) is 0.118. The quantitative estimate of drug-likeness (QED) is 0.599. The third kappa shape index (κ3) is 3.81. The standard InChI is InChI=1S/C17H16O2/c1-19-16-12-10-14(11-13-16)6-5-9-17(18)15-7-3-2-4-8-15/h2-5,7-13H,6H2,1H3. The van der Waals surface area contributed by atoms with Gasteiger partial charge in [-0.25, -0.2) is 0 Å². The summed E-state index contributed by atoms with van der Waals surface area (Å²) in [5.41, 5.74) is 1.87. The highest BCUT2D eigenvalue weighted by Crippen LogP contribution is 2.12. The number of allylic oxidation sites excluding steroid dienone is 2. The molecule has 0 saturated heterocycles. The zero-order valence-corrected chi connectivity index (χ0v) is 10.9. The van der Waals surface area contributed by atoms with Crippen LogP contribution in [0, 0.1) is 0 Å². The zero-order chi connectivity index (χ0) is 13.5. The Kier molecular flexibility index (Phi) is 4.51. The molecule has 2 aromatic carbocycles. The molecule has 96 valence electrons. The van der Waals surface area contributed by atoms with Gasteiger partial charge >= 0.3 is 0 Å². The average molecular weight is 252 g/mol. The molecule has 19 heavy (non-hydrogen) atoms. The molecule has 0 bridgehead atoms. The molecule has 2 aromatic rings. The van der Waals surface area contributed by atoms with E-state index in [1.807, 2.05) is 60.7 Å². The van der Waals surface area contributed by atoms with Gasteiger partial charge in [0.1, 0.15) is 5.75 Å². The van der Waals surface area contributed by atoms with E-state index in [2.05, 4.69) is 0 Å². The van der Waals surface area contributed by atoms with Crippen LogP contribution in [0.3, 0.4) is 0 Å². The number of rotatable bonds is 5. The number of ether oxygens (including phenoxy) is 1. The van der Waals surface area contributed by atoms with Crippen molar-refractivity contribution in [3.8, 4) is 5.75 Å². The molecule has 0 fully saturated rings. The van der Waals surface area contributed by atoms with Crippen LogP contribution in [0.4, 0.5) is 0 Å². The number of carbonyl (C=O) groups is 1. The van der Waals surface area contributed by atoms with Crippen molar-refractivity contribution < 1.29 is 9.53 Å². The van der Waals surface area contributed by atoms with Gasteiger partial charge in [-0.05, 0) is 30.2 Å². The molecule has 0 atom stereocenters. The smallest absolute Gasteiger partial charge is 0.185 e. The molecule has 0 amide bonds. The van der Waals surface area contributed by atoms with Gasteiger partial charge in [-0.1, -0.05) is 48.5 Å². The van der Waals surface area contributed by atoms with Crippen LogP contribution in [0.2, 0.25) is 0 Å². The largest absolute Gasteiger partial charge is 0.497 e. The van der Waals surface area contributed by atoms with Crippen molar-refractivity contribution in [2.45, 2.75) is 6.42 Å². The molecule has 0 spiro atoms. The normalized spacial score (nSPS) is 10.6. The minimum Gasteiger partial charge on any atom is -0.497 e. The van der Waals surface area contributed by atoms with Crippen molar-refractivity contribution in [1.29, 1.82) is 0 Å². The number of carbonyl (C=O) groups excluding carboxylic acids is 1. The van der Waals surface area contributed by atoms with Crippen molar-refractivity contribution in [3.05, 3.63) is 77.9 Å². The molecule has 0 unspecified atom stereocenters. The van der Waals surface area contributed by atoms with E-state index in [0.717, 1.165) is 17.7 Å². The van der Waals surface area contributed by atoms with Gasteiger partial charge in [-0.15, -0.1) is 0 Å². The van der Waals surface area contributed by atoms with Crippen LogP contribution in [0.1, 0.15) is 15.9 Å². The predicted molar refractivity (Wildman–Crippen MR) is 76.6 cm³/mol. The second-order valence-corrected chi connectivity index (χ2v) is 4.18. The Hall–Kier alpha value is -2.35. The molecular weight excluding hydrogens is 236 g/mol. The summed E-state index contributed by atoms with van der Waals surface area (Å²) in [4.78, 5) is 11.8. The molecule has 0 aliphatic carbocycles. The van der Waals surface area contributed by atoms with Crippen LogP contribution in [-0.4, -0.2) is 12.9 Å². The molecule has 2 heteroatoms. The van der Waals surface area contributed by atoms with Crippen LogP contribution in [0.15, 0.2) is 66.7 Å². The van der Waals surface area contributed by atoms with Gasteiger partial charge in [0, 0.05) is 5.56 Å². The maximum absolute atomic E-state index is 11.8. The number of benzene rings is 2. The fourth-order valence-electron chi connectivity index (χ4n) is 1.76. The van der Waals surface area contributed by atoms with E-state index >= 15 is 0 Å². The van der Waals surface area contributed by atoms with Crippen LogP contribution < -0.4 is 4.74 Å². The summed E-state index contributed by atoms with van der Waals surface area (Å²) in [7, 11) is 1.65. The Bertz CT molecular complexity index is 554. The maximum Gasteiger partial charge on any atom is 0.185 e. The average Bonchev–Trinajstić information content (AvgIpc) is 2.49. The van der Waals surface area contributed by atoms with Crippen LogP contribution >= 0.6 is 0 Å². The van der Waals surface area contributed by atoms with Gasteiger partial charge in [0.05, 0.1) is 7.11 Å². The number of hydrogen-bond donors (Lipinski definition) is 0. The van der Waals surface area contributed by atoms with E-state index in [0.29, 0.717) is 5.56 Å². The molecule has 2 nitrogen and oxygen atoms in total. The molecule has 0 saturated carbocycles. The highest BCUT2D eigenvalue weighted by molar-refractivity contribution is 6.04. The van der Waals surface area contributed by atoms with E-state index in [1.54, 1.807) is 13.2 Å². The first-order valence-corrected chi connectivity index (χ1v) is 6.18. The Morgan fingerprint density at radius 2 is 1.74 bits per heavy atom. The van der Waals surface area contributed by atoms with Crippen LogP contribution in [0.5, 0.6) is 5.75 Å². The van der Waals surface area contributed by atoms with E-state index in [9.17, 15) is 4.79 Å². The summed E-state index contributed by atoms with van der Waals surface area (Å²) in [5.74, 6) is 0.877. The number of methoxy groups -OCH3 is 1. The van der Waals surface area contributed by atoms with Gasteiger partial charge in [0.25, 0.3) is 0 Å². The molecule has 0 aromatic heterocycles. The van der Waals surface area contributed by atoms with E-state index in [4.69, 9.17) is 4.74 Å². The van der Waals surface area contributed by atoms with Crippen molar-refractivity contribution in [2.75, 3.05) is 7.11 Å². The lowest BCUT2D eigenvalue weighted by atomic mass is 10.1. The maximum atomic E-state index is 11.8. The molecule has 0 heterocycles. The Labute approximate surface area is 113 Å². The Morgan fingerprint density at radius 1 is 1.05 bits per heavy atom. The zero-order valence-electron chi connectivity index (χ0n) is 10.9. The summed E-state index contributed by atoms with van der Waals surface area (Å²) in [6.07, 6.45) is 4.25. The van der Waals surface area contributed by atoms with Crippen molar-refractivity contribution in [2.24, 2.45) is 0 Å². The monoisotopic (exact) mass is 252 g/mol. The molecule has 0 aliphatic rings. The summed E-state index contributed by atoms with van der Waals surface area (Å²) in [5, 5.41) is 0. The fourth-order valence-corrected chi connectivity index (χ4v) is 1.76. The highest BCUT2D eigenvalue weighted by Gasteiger charge is 1.99. The summed E-state index contributed by atoms with van der Waals surface area (Å²) in [6, 6.07) is 17.1. The molecular formula is C17H16O2. The second kappa shape index (κ2) is 6.55. The molecule has 2 rings (SSSR count). The summed E-state index contributed by atoms with van der Waals surface area (Å²) >= 11 is 0. The van der Waals surface area contributed by atoms with Gasteiger partial charge in [-0.2, -0.15) is 0 Å². The first kappa shape index (κ1) is 13.1. The molecule has 0 radical (unpaired) electrons. The summed E-state index contributed by atoms with van der Waals surface area (Å²) in [6.45, 7) is 0. The lowest BCUT2D eigenvalue weighted by Crippen LogP contribution is -1.93. The topological polar surface area (TPSA) is 26.3 Å². The van der Waals surface area contributed by atoms with Gasteiger partial charge in [-0.3, -0.25) is 4.79 Å². The van der Waals surface area contributed by atoms with Crippen molar-refractivity contribution in [1.82, 2.24) is 0 Å². The Morgan fingerprint density at radius 3 is 2.37 bits per heavy atom. The first-order chi connectivity index (χ1) is 9.29. The lowest BCUT2D eigenvalue weighted by molar-refractivity contribution is 0.104. The van der Waals surface area contributed by atoms with Crippen molar-refractivity contribution in [3.63, 3.8) is 0 Å². The highest BCUT2D eigenvalue weighted by atomic mass is 16.5. The predicted octanol–water partition coefficient (Wildman–Crippen LogP) is 3.68. The van der Waals surface area contributed by atoms with E-state index < -0.39 is 0 Å².